The molecule has 1 aliphatic carbocycles. The van der Waals surface area contributed by atoms with Crippen LogP contribution in [-0.2, 0) is 4.74 Å². The van der Waals surface area contributed by atoms with Crippen LogP contribution in [0.3, 0.4) is 0 Å². The number of piperidine rings is 1. The quantitative estimate of drug-likeness (QED) is 0.671. The molecule has 114 valence electrons. The zero-order valence-electron chi connectivity index (χ0n) is 12.7. The van der Waals surface area contributed by atoms with Crippen LogP contribution in [0.5, 0.6) is 0 Å². The number of nitrogens with zero attached hydrogens (tertiary/aromatic N) is 1. The normalized spacial score (nSPS) is 25.3. The van der Waals surface area contributed by atoms with E-state index < -0.39 is 0 Å². The number of esters is 1. The van der Waals surface area contributed by atoms with Gasteiger partial charge in [0.05, 0.1) is 12.7 Å². The van der Waals surface area contributed by atoms with E-state index in [0.29, 0.717) is 11.3 Å². The number of hydrogen-bond donors (Lipinski definition) is 1. The third kappa shape index (κ3) is 2.85. The summed E-state index contributed by atoms with van der Waals surface area (Å²) in [6.07, 6.45) is 6.77. The van der Waals surface area contributed by atoms with Crippen molar-refractivity contribution in [3.63, 3.8) is 0 Å². The van der Waals surface area contributed by atoms with Gasteiger partial charge >= 0.3 is 5.97 Å². The maximum absolute atomic E-state index is 11.8. The predicted octanol–water partition coefficient (Wildman–Crippen LogP) is 3.07. The smallest absolute Gasteiger partial charge is 0.340 e. The molecule has 2 unspecified atom stereocenters. The first-order valence-electron chi connectivity index (χ1n) is 7.92. The van der Waals surface area contributed by atoms with E-state index in [1.807, 2.05) is 18.2 Å². The molecule has 0 radical (unpaired) electrons. The lowest BCUT2D eigenvalue weighted by Gasteiger charge is -2.42. The van der Waals surface area contributed by atoms with E-state index in [0.717, 1.165) is 30.6 Å². The number of anilines is 2. The van der Waals surface area contributed by atoms with Crippen molar-refractivity contribution in [2.24, 2.45) is 11.8 Å². The van der Waals surface area contributed by atoms with Crippen molar-refractivity contribution in [2.75, 3.05) is 30.8 Å². The molecule has 1 saturated heterocycles. The van der Waals surface area contributed by atoms with Crippen LogP contribution in [0.2, 0.25) is 0 Å². The SMILES string of the molecule is COC(=O)c1cc(N2CCC3CCCCC3C2)ccc1N. The van der Waals surface area contributed by atoms with Gasteiger partial charge in [0.15, 0.2) is 0 Å². The molecule has 21 heavy (non-hydrogen) atoms. The number of methoxy groups -OCH3 is 1. The fourth-order valence-electron chi connectivity index (χ4n) is 3.86. The van der Waals surface area contributed by atoms with Crippen LogP contribution < -0.4 is 10.6 Å². The van der Waals surface area contributed by atoms with E-state index in [9.17, 15) is 4.79 Å². The van der Waals surface area contributed by atoms with Crippen LogP contribution in [0.1, 0.15) is 42.5 Å². The molecule has 4 nitrogen and oxygen atoms in total. The number of fused-ring (bicyclic) bond motifs is 1. The van der Waals surface area contributed by atoms with Gasteiger partial charge < -0.3 is 15.4 Å². The first kappa shape index (κ1) is 14.2. The van der Waals surface area contributed by atoms with Crippen LogP contribution in [0.4, 0.5) is 11.4 Å². The Morgan fingerprint density at radius 1 is 1.24 bits per heavy atom. The minimum absolute atomic E-state index is 0.359. The molecule has 2 fully saturated rings. The molecule has 3 rings (SSSR count). The topological polar surface area (TPSA) is 55.6 Å². The Labute approximate surface area is 126 Å². The molecule has 2 aliphatic rings. The van der Waals surface area contributed by atoms with Crippen molar-refractivity contribution in [2.45, 2.75) is 32.1 Å². The molecule has 2 atom stereocenters. The van der Waals surface area contributed by atoms with E-state index in [1.54, 1.807) is 0 Å². The van der Waals surface area contributed by atoms with Crippen molar-refractivity contribution in [3.05, 3.63) is 23.8 Å². The molecule has 1 saturated carbocycles. The lowest BCUT2D eigenvalue weighted by Crippen LogP contribution is -2.41. The number of carbonyl (C=O) groups excluding carboxylic acids is 1. The zero-order valence-corrected chi connectivity index (χ0v) is 12.7. The summed E-state index contributed by atoms with van der Waals surface area (Å²) in [5.74, 6) is 1.36. The molecule has 1 heterocycles. The van der Waals surface area contributed by atoms with Crippen molar-refractivity contribution < 1.29 is 9.53 Å². The fourth-order valence-corrected chi connectivity index (χ4v) is 3.86. The summed E-state index contributed by atoms with van der Waals surface area (Å²) in [7, 11) is 1.39. The standard InChI is InChI=1S/C17H24N2O2/c1-21-17(20)15-10-14(6-7-16(15)18)19-9-8-12-4-2-3-5-13(12)11-19/h6-7,10,12-13H,2-5,8-9,11,18H2,1H3. The first-order valence-corrected chi connectivity index (χ1v) is 7.92. The Hall–Kier alpha value is -1.71. The first-order chi connectivity index (χ1) is 10.2. The van der Waals surface area contributed by atoms with Crippen LogP contribution in [0.15, 0.2) is 18.2 Å². The molecular weight excluding hydrogens is 264 g/mol. The number of carbonyl (C=O) groups is 1. The highest BCUT2D eigenvalue weighted by Crippen LogP contribution is 2.37. The summed E-state index contributed by atoms with van der Waals surface area (Å²) in [6.45, 7) is 2.18. The van der Waals surface area contributed by atoms with Gasteiger partial charge in [0.1, 0.15) is 0 Å². The number of nitrogen functional groups attached to an aromatic ring is 1. The maximum Gasteiger partial charge on any atom is 0.340 e. The molecule has 1 aliphatic heterocycles. The highest BCUT2D eigenvalue weighted by atomic mass is 16.5. The van der Waals surface area contributed by atoms with Crippen LogP contribution in [-0.4, -0.2) is 26.2 Å². The second kappa shape index (κ2) is 5.96. The van der Waals surface area contributed by atoms with Gasteiger partial charge in [-0.25, -0.2) is 4.79 Å². The third-order valence-corrected chi connectivity index (χ3v) is 5.10. The van der Waals surface area contributed by atoms with E-state index in [4.69, 9.17) is 10.5 Å². The fraction of sp³-hybridized carbons (Fsp3) is 0.588. The van der Waals surface area contributed by atoms with Gasteiger partial charge in [-0.1, -0.05) is 19.3 Å². The van der Waals surface area contributed by atoms with Crippen molar-refractivity contribution in [1.82, 2.24) is 0 Å². The molecule has 4 heteroatoms. The van der Waals surface area contributed by atoms with Gasteiger partial charge in [-0.3, -0.25) is 0 Å². The van der Waals surface area contributed by atoms with E-state index in [1.165, 1.54) is 39.2 Å². The molecule has 0 spiro atoms. The van der Waals surface area contributed by atoms with Crippen LogP contribution in [0, 0.1) is 11.8 Å². The Morgan fingerprint density at radius 3 is 2.76 bits per heavy atom. The van der Waals surface area contributed by atoms with Crippen molar-refractivity contribution >= 4 is 17.3 Å². The Balaban J connectivity index is 1.79. The zero-order chi connectivity index (χ0) is 14.8. The largest absolute Gasteiger partial charge is 0.465 e. The molecule has 1 aromatic carbocycles. The summed E-state index contributed by atoms with van der Waals surface area (Å²) in [5, 5.41) is 0. The van der Waals surface area contributed by atoms with Crippen LogP contribution in [0.25, 0.3) is 0 Å². The summed E-state index contributed by atoms with van der Waals surface area (Å²) in [6, 6.07) is 5.71. The predicted molar refractivity (Wildman–Crippen MR) is 84.5 cm³/mol. The average molecular weight is 288 g/mol. The second-order valence-electron chi connectivity index (χ2n) is 6.30. The van der Waals surface area contributed by atoms with E-state index in [2.05, 4.69) is 4.90 Å². The van der Waals surface area contributed by atoms with Crippen molar-refractivity contribution in [1.29, 1.82) is 0 Å². The number of benzene rings is 1. The summed E-state index contributed by atoms with van der Waals surface area (Å²) < 4.78 is 4.81. The lowest BCUT2D eigenvalue weighted by molar-refractivity contribution is 0.0602. The third-order valence-electron chi connectivity index (χ3n) is 5.10. The van der Waals surface area contributed by atoms with Gasteiger partial charge in [0.25, 0.3) is 0 Å². The summed E-state index contributed by atoms with van der Waals surface area (Å²) >= 11 is 0. The summed E-state index contributed by atoms with van der Waals surface area (Å²) in [5.41, 5.74) is 7.93. The van der Waals surface area contributed by atoms with Crippen LogP contribution >= 0.6 is 0 Å². The van der Waals surface area contributed by atoms with Gasteiger partial charge in [0, 0.05) is 24.5 Å². The summed E-state index contributed by atoms with van der Waals surface area (Å²) in [4.78, 5) is 14.2. The number of nitrogens with two attached hydrogens (primary N) is 1. The molecule has 0 aromatic heterocycles. The molecule has 0 amide bonds. The number of ether oxygens (including phenoxy) is 1. The second-order valence-corrected chi connectivity index (χ2v) is 6.30. The van der Waals surface area contributed by atoms with Gasteiger partial charge in [0.2, 0.25) is 0 Å². The number of hydrogen-bond acceptors (Lipinski definition) is 4. The molecule has 2 N–H and O–H groups in total. The van der Waals surface area contributed by atoms with Gasteiger partial charge in [-0.15, -0.1) is 0 Å². The Bertz CT molecular complexity index is 530. The highest BCUT2D eigenvalue weighted by molar-refractivity contribution is 5.96. The minimum Gasteiger partial charge on any atom is -0.465 e. The van der Waals surface area contributed by atoms with E-state index >= 15 is 0 Å². The molecule has 0 bridgehead atoms. The van der Waals surface area contributed by atoms with E-state index in [-0.39, 0.29) is 5.97 Å². The molecular formula is C17H24N2O2. The van der Waals surface area contributed by atoms with Crippen molar-refractivity contribution in [3.8, 4) is 0 Å². The van der Waals surface area contributed by atoms with Gasteiger partial charge in [-0.2, -0.15) is 0 Å². The van der Waals surface area contributed by atoms with Gasteiger partial charge in [-0.05, 0) is 42.9 Å². The monoisotopic (exact) mass is 288 g/mol. The highest BCUT2D eigenvalue weighted by Gasteiger charge is 2.31. The maximum atomic E-state index is 11.8. The lowest BCUT2D eigenvalue weighted by atomic mass is 9.75. The Morgan fingerprint density at radius 2 is 2.00 bits per heavy atom. The average Bonchev–Trinajstić information content (AvgIpc) is 2.54. The minimum atomic E-state index is -0.359. The molecule has 1 aromatic rings. The Kier molecular flexibility index (Phi) is 4.04. The number of rotatable bonds is 2.